The summed E-state index contributed by atoms with van der Waals surface area (Å²) in [6, 6.07) is 8.16. The van der Waals surface area contributed by atoms with Gasteiger partial charge in [0.1, 0.15) is 50.2 Å². The topological polar surface area (TPSA) is 342 Å². The van der Waals surface area contributed by atoms with E-state index in [2.05, 4.69) is 34.9 Å². The molecule has 0 bridgehead atoms. The minimum absolute atomic E-state index is 0.0285. The van der Waals surface area contributed by atoms with Crippen LogP contribution in [-0.4, -0.2) is 87.1 Å². The molecule has 0 radical (unpaired) electrons. The number of thioether (sulfide) groups is 1. The van der Waals surface area contributed by atoms with Gasteiger partial charge in [0.15, 0.2) is 15.9 Å². The van der Waals surface area contributed by atoms with Crippen molar-refractivity contribution in [2.24, 2.45) is 20.5 Å². The Morgan fingerprint density at radius 2 is 1.41 bits per heavy atom. The fourth-order valence-corrected chi connectivity index (χ4v) is 7.11. The van der Waals surface area contributed by atoms with Crippen LogP contribution in [0.2, 0.25) is 0 Å². The number of nitrogens with zero attached hydrogens (tertiary/aromatic N) is 5. The van der Waals surface area contributed by atoms with E-state index >= 15 is 0 Å². The molecule has 0 fully saturated rings. The highest BCUT2D eigenvalue weighted by Crippen LogP contribution is 2.55. The summed E-state index contributed by atoms with van der Waals surface area (Å²) in [7, 11) is -13.3. The van der Waals surface area contributed by atoms with E-state index in [1.54, 1.807) is 19.0 Å². The zero-order chi connectivity index (χ0) is 38.4. The summed E-state index contributed by atoms with van der Waals surface area (Å²) in [5, 5.41) is 18.1. The predicted molar refractivity (Wildman–Crippen MR) is 188 cm³/mol. The SMILES string of the molecule is COc1ccc(SC#COOS(=O)(=O)O)cc1N=Nc1c(N)c(N=Nc2ccc(S(=O)(=O)CCN(C)C)cc2S(O)(O)O)cc(S(O)(O)O)c1N. The van der Waals surface area contributed by atoms with Crippen molar-refractivity contribution in [3.63, 3.8) is 0 Å². The smallest absolute Gasteiger partial charge is 0.433 e. The molecule has 0 amide bonds. The molecule has 0 aliphatic rings. The van der Waals surface area contributed by atoms with Gasteiger partial charge in [-0.2, -0.15) is 8.42 Å². The number of hydrogen-bond donors (Lipinski definition) is 9. The Morgan fingerprint density at radius 1 is 0.784 bits per heavy atom. The molecule has 3 aromatic rings. The van der Waals surface area contributed by atoms with Gasteiger partial charge in [-0.1, -0.05) is 0 Å². The highest BCUT2D eigenvalue weighted by atomic mass is 32.3. The summed E-state index contributed by atoms with van der Waals surface area (Å²) in [6.07, 6.45) is 1.87. The molecule has 11 N–H and O–H groups in total. The molecular weight excluding hydrogens is 783 g/mol. The molecule has 0 saturated heterocycles. The molecule has 280 valence electrons. The molecule has 0 aliphatic carbocycles. The Morgan fingerprint density at radius 3 is 2.00 bits per heavy atom. The summed E-state index contributed by atoms with van der Waals surface area (Å²) in [5.41, 5.74) is 10.1. The number of benzene rings is 3. The molecule has 0 aliphatic heterocycles. The fraction of sp³-hybridized carbons (Fsp3) is 0.200. The fourth-order valence-electron chi connectivity index (χ4n) is 3.67. The third-order valence-corrected chi connectivity index (χ3v) is 10.5. The maximum atomic E-state index is 12.8. The number of nitrogen functional groups attached to an aromatic ring is 2. The molecule has 51 heavy (non-hydrogen) atoms. The highest BCUT2D eigenvalue weighted by molar-refractivity contribution is 8.19. The first-order chi connectivity index (χ1) is 23.5. The standard InChI is InChI=1S/C25H31N7O14S5/c1-32(2)8-11-48(33,34)16-5-6-17(21(13-16)49(35,36)37)28-30-19-14-22(50(38,39)40)24(27)25(23(19)26)31-29-18-12-15(4-7-20(18)44-3)47-10-9-45-46-51(41,42)43/h4-7,12-14,35-40H,8,11,26-27H2,1-3H3,(H,41,42,43). The number of azo groups is 2. The Labute approximate surface area is 298 Å². The average Bonchev–Trinajstić information content (AvgIpc) is 3.01. The number of anilines is 2. The van der Waals surface area contributed by atoms with Crippen LogP contribution in [0.15, 0.2) is 82.5 Å². The number of hydrogen-bond acceptors (Lipinski definition) is 21. The lowest BCUT2D eigenvalue weighted by molar-refractivity contribution is -0.135. The van der Waals surface area contributed by atoms with Gasteiger partial charge in [0, 0.05) is 16.7 Å². The molecule has 3 aromatic carbocycles. The zero-order valence-corrected chi connectivity index (χ0v) is 30.5. The molecule has 0 aromatic heterocycles. The maximum absolute atomic E-state index is 12.8. The molecule has 0 spiro atoms. The Kier molecular flexibility index (Phi) is 13.6. The summed E-state index contributed by atoms with van der Waals surface area (Å²) in [6.45, 7) is 0.149. The monoisotopic (exact) mass is 813 g/mol. The molecule has 0 unspecified atom stereocenters. The lowest BCUT2D eigenvalue weighted by Crippen LogP contribution is -2.22. The van der Waals surface area contributed by atoms with Gasteiger partial charge in [0.2, 0.25) is 0 Å². The summed E-state index contributed by atoms with van der Waals surface area (Å²) in [5.74, 6) is -0.169. The van der Waals surface area contributed by atoms with Crippen molar-refractivity contribution in [2.45, 2.75) is 19.6 Å². The second kappa shape index (κ2) is 16.7. The molecule has 0 saturated carbocycles. The minimum atomic E-state index is -4.88. The van der Waals surface area contributed by atoms with Crippen molar-refractivity contribution >= 4 is 87.9 Å². The van der Waals surface area contributed by atoms with Crippen molar-refractivity contribution in [3.8, 4) is 17.1 Å². The van der Waals surface area contributed by atoms with Gasteiger partial charge in [-0.05, 0) is 72.7 Å². The van der Waals surface area contributed by atoms with Crippen molar-refractivity contribution in [2.75, 3.05) is 45.0 Å². The van der Waals surface area contributed by atoms with Gasteiger partial charge in [-0.15, -0.1) is 20.5 Å². The summed E-state index contributed by atoms with van der Waals surface area (Å²) in [4.78, 5) is 4.28. The van der Waals surface area contributed by atoms with Crippen LogP contribution in [0.4, 0.5) is 34.1 Å². The largest absolute Gasteiger partial charge is 0.494 e. The van der Waals surface area contributed by atoms with E-state index in [9.17, 15) is 44.2 Å². The highest BCUT2D eigenvalue weighted by Gasteiger charge is 2.27. The first kappa shape index (κ1) is 41.6. The van der Waals surface area contributed by atoms with Crippen LogP contribution < -0.4 is 16.2 Å². The number of rotatable bonds is 14. The Hall–Kier alpha value is -3.79. The van der Waals surface area contributed by atoms with Crippen LogP contribution in [0.3, 0.4) is 0 Å². The first-order valence-electron chi connectivity index (χ1n) is 13.3. The van der Waals surface area contributed by atoms with Crippen molar-refractivity contribution in [3.05, 3.63) is 42.5 Å². The second-order valence-corrected chi connectivity index (χ2v) is 16.9. The lowest BCUT2D eigenvalue weighted by atomic mass is 10.2. The molecule has 0 atom stereocenters. The van der Waals surface area contributed by atoms with Crippen LogP contribution >= 0.6 is 33.5 Å². The minimum Gasteiger partial charge on any atom is -0.494 e. The van der Waals surface area contributed by atoms with Gasteiger partial charge in [0.25, 0.3) is 0 Å². The van der Waals surface area contributed by atoms with Gasteiger partial charge >= 0.3 is 10.4 Å². The summed E-state index contributed by atoms with van der Waals surface area (Å²) < 4.78 is 124. The van der Waals surface area contributed by atoms with E-state index in [0.29, 0.717) is 4.90 Å². The van der Waals surface area contributed by atoms with Crippen LogP contribution in [0, 0.1) is 11.4 Å². The molecule has 21 nitrogen and oxygen atoms in total. The Balaban J connectivity index is 2.08. The molecule has 3 rings (SSSR count). The number of ether oxygens (including phenoxy) is 1. The quantitative estimate of drug-likeness (QED) is 0.0172. The third-order valence-electron chi connectivity index (χ3n) is 6.05. The van der Waals surface area contributed by atoms with E-state index in [0.717, 1.165) is 36.0 Å². The number of nitrogens with two attached hydrogens (primary N) is 2. The van der Waals surface area contributed by atoms with Crippen molar-refractivity contribution in [1.82, 2.24) is 4.90 Å². The van der Waals surface area contributed by atoms with Crippen LogP contribution in [-0.2, 0) is 29.5 Å². The molecule has 0 heterocycles. The van der Waals surface area contributed by atoms with Crippen molar-refractivity contribution < 1.29 is 62.7 Å². The van der Waals surface area contributed by atoms with Gasteiger partial charge < -0.3 is 48.4 Å². The molecule has 26 heteroatoms. The van der Waals surface area contributed by atoms with E-state index in [1.807, 2.05) is 6.11 Å². The second-order valence-electron chi connectivity index (χ2n) is 9.98. The number of methoxy groups -OCH3 is 1. The van der Waals surface area contributed by atoms with Gasteiger partial charge in [-0.3, -0.25) is 9.44 Å². The van der Waals surface area contributed by atoms with E-state index in [4.69, 9.17) is 20.8 Å². The summed E-state index contributed by atoms with van der Waals surface area (Å²) >= 11 is 0.794. The lowest BCUT2D eigenvalue weighted by Gasteiger charge is -2.23. The Bertz CT molecular complexity index is 2110. The van der Waals surface area contributed by atoms with E-state index in [1.165, 1.54) is 25.3 Å². The normalized spacial score (nSPS) is 13.4. The van der Waals surface area contributed by atoms with E-state index < -0.39 is 80.2 Å². The van der Waals surface area contributed by atoms with Crippen LogP contribution in [0.1, 0.15) is 0 Å². The zero-order valence-electron chi connectivity index (χ0n) is 26.4. The van der Waals surface area contributed by atoms with Crippen LogP contribution in [0.5, 0.6) is 5.75 Å². The van der Waals surface area contributed by atoms with Crippen molar-refractivity contribution in [1.29, 1.82) is 0 Å². The van der Waals surface area contributed by atoms with Gasteiger partial charge in [-0.25, -0.2) is 8.42 Å². The van der Waals surface area contributed by atoms with Crippen LogP contribution in [0.25, 0.3) is 0 Å². The van der Waals surface area contributed by atoms with E-state index in [-0.39, 0.29) is 28.6 Å². The van der Waals surface area contributed by atoms with Gasteiger partial charge in [0.05, 0.1) is 38.9 Å². The predicted octanol–water partition coefficient (Wildman–Crippen LogP) is 5.95. The number of sulfone groups is 1. The first-order valence-corrected chi connectivity index (χ1v) is 20.1. The third kappa shape index (κ3) is 11.9. The maximum Gasteiger partial charge on any atom is 0.433 e. The molecular formula is C25H31N7O14S5. The average molecular weight is 814 g/mol.